The van der Waals surface area contributed by atoms with Gasteiger partial charge in [-0.15, -0.1) is 0 Å². The van der Waals surface area contributed by atoms with Crippen LogP contribution in [0.15, 0.2) is 0 Å². The van der Waals surface area contributed by atoms with Crippen LogP contribution >= 0.6 is 11.5 Å². The normalized spacial score (nSPS) is 11.1. The molecule has 0 atom stereocenters. The topological polar surface area (TPSA) is 76.1 Å². The van der Waals surface area contributed by atoms with Gasteiger partial charge < -0.3 is 15.4 Å². The molecule has 0 bridgehead atoms. The zero-order valence-corrected chi connectivity index (χ0v) is 12.1. The summed E-state index contributed by atoms with van der Waals surface area (Å²) in [6.45, 7) is 8.68. The fourth-order valence-corrected chi connectivity index (χ4v) is 1.76. The Morgan fingerprint density at radius 2 is 2.11 bits per heavy atom. The summed E-state index contributed by atoms with van der Waals surface area (Å²) in [5.74, 6) is 0.773. The quantitative estimate of drug-likeness (QED) is 0.803. The molecule has 18 heavy (non-hydrogen) atoms. The number of hydrogen-bond acceptors (Lipinski definition) is 6. The smallest absolute Gasteiger partial charge is 0.407 e. The van der Waals surface area contributed by atoms with Gasteiger partial charge in [-0.1, -0.05) is 0 Å². The molecule has 1 heterocycles. The molecular formula is C11H20N4O2S. The summed E-state index contributed by atoms with van der Waals surface area (Å²) in [4.78, 5) is 15.5. The first-order chi connectivity index (χ1) is 8.37. The largest absolute Gasteiger partial charge is 0.444 e. The second-order valence-corrected chi connectivity index (χ2v) is 5.61. The first-order valence-corrected chi connectivity index (χ1v) is 6.65. The maximum Gasteiger partial charge on any atom is 0.407 e. The average Bonchev–Trinajstić information content (AvgIpc) is 2.61. The molecule has 7 heteroatoms. The van der Waals surface area contributed by atoms with Crippen molar-refractivity contribution >= 4 is 22.8 Å². The van der Waals surface area contributed by atoms with Crippen LogP contribution in [-0.4, -0.2) is 34.1 Å². The highest BCUT2D eigenvalue weighted by atomic mass is 32.1. The maximum absolute atomic E-state index is 11.3. The standard InChI is InChI=1S/C11H20N4O2S/c1-8-14-9(18-15-8)12-6-5-7-13-10(16)17-11(2,3)4/h5-7H2,1-4H3,(H,13,16)(H,12,14,15). The Morgan fingerprint density at radius 3 is 2.67 bits per heavy atom. The van der Waals surface area contributed by atoms with E-state index in [2.05, 4.69) is 20.0 Å². The number of aryl methyl sites for hydroxylation is 1. The number of alkyl carbamates (subject to hydrolysis) is 1. The van der Waals surface area contributed by atoms with Crippen molar-refractivity contribution in [2.24, 2.45) is 0 Å². The van der Waals surface area contributed by atoms with E-state index >= 15 is 0 Å². The van der Waals surface area contributed by atoms with Crippen molar-refractivity contribution in [3.05, 3.63) is 5.82 Å². The summed E-state index contributed by atoms with van der Waals surface area (Å²) >= 11 is 1.34. The van der Waals surface area contributed by atoms with Crippen LogP contribution in [0.5, 0.6) is 0 Å². The van der Waals surface area contributed by atoms with E-state index in [-0.39, 0.29) is 6.09 Å². The molecule has 0 saturated carbocycles. The maximum atomic E-state index is 11.3. The second-order valence-electron chi connectivity index (χ2n) is 4.86. The molecule has 1 rings (SSSR count). The lowest BCUT2D eigenvalue weighted by molar-refractivity contribution is 0.0528. The summed E-state index contributed by atoms with van der Waals surface area (Å²) in [5.41, 5.74) is -0.452. The molecule has 0 aliphatic rings. The van der Waals surface area contributed by atoms with Gasteiger partial charge in [-0.2, -0.15) is 4.37 Å². The fourth-order valence-electron chi connectivity index (χ4n) is 1.16. The van der Waals surface area contributed by atoms with E-state index in [1.807, 2.05) is 27.7 Å². The highest BCUT2D eigenvalue weighted by Gasteiger charge is 2.15. The van der Waals surface area contributed by atoms with E-state index in [0.29, 0.717) is 6.54 Å². The molecule has 0 aliphatic heterocycles. The molecule has 0 unspecified atom stereocenters. The first-order valence-electron chi connectivity index (χ1n) is 5.88. The van der Waals surface area contributed by atoms with Gasteiger partial charge in [-0.3, -0.25) is 0 Å². The molecule has 0 saturated heterocycles. The van der Waals surface area contributed by atoms with Crippen LogP contribution in [0.1, 0.15) is 33.0 Å². The number of carbonyl (C=O) groups is 1. The van der Waals surface area contributed by atoms with Crippen LogP contribution in [-0.2, 0) is 4.74 Å². The van der Waals surface area contributed by atoms with E-state index in [4.69, 9.17) is 4.74 Å². The van der Waals surface area contributed by atoms with Crippen molar-refractivity contribution in [1.82, 2.24) is 14.7 Å². The van der Waals surface area contributed by atoms with E-state index in [0.717, 1.165) is 23.9 Å². The Balaban J connectivity index is 2.07. The molecule has 6 nitrogen and oxygen atoms in total. The number of aromatic nitrogens is 2. The van der Waals surface area contributed by atoms with Crippen molar-refractivity contribution in [3.63, 3.8) is 0 Å². The van der Waals surface area contributed by atoms with Crippen molar-refractivity contribution in [2.75, 3.05) is 18.4 Å². The minimum Gasteiger partial charge on any atom is -0.444 e. The molecular weight excluding hydrogens is 252 g/mol. The van der Waals surface area contributed by atoms with Crippen molar-refractivity contribution < 1.29 is 9.53 Å². The Bertz CT molecular complexity index is 387. The minimum atomic E-state index is -0.452. The fraction of sp³-hybridized carbons (Fsp3) is 0.727. The highest BCUT2D eigenvalue weighted by Crippen LogP contribution is 2.09. The van der Waals surface area contributed by atoms with Crippen molar-refractivity contribution in [2.45, 2.75) is 39.7 Å². The third kappa shape index (κ3) is 6.39. The molecule has 102 valence electrons. The Labute approximate surface area is 111 Å². The highest BCUT2D eigenvalue weighted by molar-refractivity contribution is 7.09. The predicted molar refractivity (Wildman–Crippen MR) is 72.0 cm³/mol. The van der Waals surface area contributed by atoms with Gasteiger partial charge in [0.15, 0.2) is 0 Å². The van der Waals surface area contributed by atoms with Crippen LogP contribution < -0.4 is 10.6 Å². The summed E-state index contributed by atoms with van der Waals surface area (Å²) in [6, 6.07) is 0. The molecule has 0 aromatic carbocycles. The van der Waals surface area contributed by atoms with Gasteiger partial charge in [-0.25, -0.2) is 9.78 Å². The monoisotopic (exact) mass is 272 g/mol. The van der Waals surface area contributed by atoms with Gasteiger partial charge in [0, 0.05) is 24.6 Å². The molecule has 0 fully saturated rings. The van der Waals surface area contributed by atoms with Crippen LogP contribution in [0, 0.1) is 6.92 Å². The number of ether oxygens (including phenoxy) is 1. The third-order valence-electron chi connectivity index (χ3n) is 1.83. The van der Waals surface area contributed by atoms with Gasteiger partial charge in [0.05, 0.1) is 0 Å². The van der Waals surface area contributed by atoms with Crippen molar-refractivity contribution in [1.29, 1.82) is 0 Å². The first kappa shape index (κ1) is 14.7. The van der Waals surface area contributed by atoms with E-state index in [9.17, 15) is 4.79 Å². The SMILES string of the molecule is Cc1nsc(NCCCNC(=O)OC(C)(C)C)n1. The van der Waals surface area contributed by atoms with Gasteiger partial charge in [-0.05, 0) is 34.1 Å². The second kappa shape index (κ2) is 6.53. The Kier molecular flexibility index (Phi) is 5.33. The van der Waals surface area contributed by atoms with Crippen LogP contribution in [0.25, 0.3) is 0 Å². The number of carbonyl (C=O) groups excluding carboxylic acids is 1. The van der Waals surface area contributed by atoms with Crippen LogP contribution in [0.2, 0.25) is 0 Å². The molecule has 1 aromatic rings. The summed E-state index contributed by atoms with van der Waals surface area (Å²) in [7, 11) is 0. The van der Waals surface area contributed by atoms with Crippen molar-refractivity contribution in [3.8, 4) is 0 Å². The molecule has 1 amide bonds. The predicted octanol–water partition coefficient (Wildman–Crippen LogP) is 2.17. The van der Waals surface area contributed by atoms with Gasteiger partial charge in [0.2, 0.25) is 5.13 Å². The number of anilines is 1. The van der Waals surface area contributed by atoms with Crippen LogP contribution in [0.3, 0.4) is 0 Å². The summed E-state index contributed by atoms with van der Waals surface area (Å²) in [5, 5.41) is 6.65. The minimum absolute atomic E-state index is 0.380. The molecule has 1 aromatic heterocycles. The van der Waals surface area contributed by atoms with Crippen LogP contribution in [0.4, 0.5) is 9.93 Å². The summed E-state index contributed by atoms with van der Waals surface area (Å²) < 4.78 is 9.18. The van der Waals surface area contributed by atoms with E-state index in [1.165, 1.54) is 11.5 Å². The summed E-state index contributed by atoms with van der Waals surface area (Å²) in [6.07, 6.45) is 0.423. The molecule has 2 N–H and O–H groups in total. The van der Waals surface area contributed by atoms with Gasteiger partial charge in [0.1, 0.15) is 11.4 Å². The molecule has 0 aliphatic carbocycles. The number of amides is 1. The third-order valence-corrected chi connectivity index (χ3v) is 2.59. The lowest BCUT2D eigenvalue weighted by atomic mass is 10.2. The van der Waals surface area contributed by atoms with Gasteiger partial charge >= 0.3 is 6.09 Å². The Hall–Kier alpha value is -1.37. The van der Waals surface area contributed by atoms with E-state index in [1.54, 1.807) is 0 Å². The van der Waals surface area contributed by atoms with E-state index < -0.39 is 5.60 Å². The number of rotatable bonds is 5. The lowest BCUT2D eigenvalue weighted by Crippen LogP contribution is -2.33. The zero-order chi connectivity index (χ0) is 13.6. The number of nitrogens with zero attached hydrogens (tertiary/aromatic N) is 2. The number of hydrogen-bond donors (Lipinski definition) is 2. The molecule has 0 spiro atoms. The number of nitrogens with one attached hydrogen (secondary N) is 2. The lowest BCUT2D eigenvalue weighted by Gasteiger charge is -2.19. The van der Waals surface area contributed by atoms with Gasteiger partial charge in [0.25, 0.3) is 0 Å². The average molecular weight is 272 g/mol. The molecule has 0 radical (unpaired) electrons. The zero-order valence-electron chi connectivity index (χ0n) is 11.2. The Morgan fingerprint density at radius 1 is 1.39 bits per heavy atom.